The fourth-order valence-electron chi connectivity index (χ4n) is 3.87. The normalized spacial score (nSPS) is 27.0. The molecule has 0 aromatic carbocycles. The smallest absolute Gasteiger partial charge is 0.0687 e. The van der Waals surface area contributed by atoms with Crippen molar-refractivity contribution in [1.82, 2.24) is 5.32 Å². The van der Waals surface area contributed by atoms with Crippen molar-refractivity contribution in [2.45, 2.75) is 76.4 Å². The van der Waals surface area contributed by atoms with Crippen LogP contribution in [-0.2, 0) is 9.47 Å². The summed E-state index contributed by atoms with van der Waals surface area (Å²) in [5.41, 5.74) is 0.282. The number of nitrogens with one attached hydrogen (secondary N) is 1. The van der Waals surface area contributed by atoms with Gasteiger partial charge in [0, 0.05) is 13.7 Å². The van der Waals surface area contributed by atoms with Crippen molar-refractivity contribution in [3.63, 3.8) is 0 Å². The average molecular weight is 283 g/mol. The molecule has 1 saturated carbocycles. The second kappa shape index (κ2) is 8.35. The predicted molar refractivity (Wildman–Crippen MR) is 83.1 cm³/mol. The highest BCUT2D eigenvalue weighted by molar-refractivity contribution is 4.91. The van der Waals surface area contributed by atoms with Gasteiger partial charge in [0.05, 0.1) is 18.3 Å². The van der Waals surface area contributed by atoms with Gasteiger partial charge in [-0.25, -0.2) is 0 Å². The van der Waals surface area contributed by atoms with Crippen molar-refractivity contribution >= 4 is 0 Å². The highest BCUT2D eigenvalue weighted by Crippen LogP contribution is 2.43. The van der Waals surface area contributed by atoms with E-state index in [0.29, 0.717) is 6.10 Å². The number of hydrogen-bond donors (Lipinski definition) is 1. The van der Waals surface area contributed by atoms with Gasteiger partial charge in [-0.2, -0.15) is 0 Å². The largest absolute Gasteiger partial charge is 0.383 e. The summed E-state index contributed by atoms with van der Waals surface area (Å²) in [6, 6.07) is 0. The SMILES string of the molecule is CCC(CNCCOC)CC1CCC2(CCCCC2)O1. The highest BCUT2D eigenvalue weighted by Gasteiger charge is 2.40. The van der Waals surface area contributed by atoms with Gasteiger partial charge in [0.2, 0.25) is 0 Å². The molecule has 20 heavy (non-hydrogen) atoms. The topological polar surface area (TPSA) is 30.5 Å². The molecule has 0 amide bonds. The molecule has 1 spiro atoms. The van der Waals surface area contributed by atoms with E-state index in [-0.39, 0.29) is 5.60 Å². The van der Waals surface area contributed by atoms with Crippen molar-refractivity contribution in [2.75, 3.05) is 26.8 Å². The lowest BCUT2D eigenvalue weighted by Crippen LogP contribution is -2.33. The molecular formula is C17H33NO2. The van der Waals surface area contributed by atoms with Crippen molar-refractivity contribution in [3.05, 3.63) is 0 Å². The molecule has 2 atom stereocenters. The summed E-state index contributed by atoms with van der Waals surface area (Å²) in [7, 11) is 1.76. The van der Waals surface area contributed by atoms with Gasteiger partial charge >= 0.3 is 0 Å². The first-order valence-electron chi connectivity index (χ1n) is 8.65. The molecule has 2 fully saturated rings. The van der Waals surface area contributed by atoms with Crippen LogP contribution in [0.5, 0.6) is 0 Å². The summed E-state index contributed by atoms with van der Waals surface area (Å²) >= 11 is 0. The van der Waals surface area contributed by atoms with Crippen molar-refractivity contribution < 1.29 is 9.47 Å². The van der Waals surface area contributed by atoms with E-state index in [1.807, 2.05) is 0 Å². The number of ether oxygens (including phenoxy) is 2. The molecule has 118 valence electrons. The molecule has 3 heteroatoms. The van der Waals surface area contributed by atoms with Gasteiger partial charge in [0.25, 0.3) is 0 Å². The third-order valence-corrected chi connectivity index (χ3v) is 5.19. The molecular weight excluding hydrogens is 250 g/mol. The van der Waals surface area contributed by atoms with E-state index in [1.54, 1.807) is 7.11 Å². The summed E-state index contributed by atoms with van der Waals surface area (Å²) in [5.74, 6) is 0.746. The molecule has 0 bridgehead atoms. The van der Waals surface area contributed by atoms with E-state index >= 15 is 0 Å². The Bertz CT molecular complexity index is 264. The molecule has 0 aromatic rings. The van der Waals surface area contributed by atoms with Gasteiger partial charge < -0.3 is 14.8 Å². The lowest BCUT2D eigenvalue weighted by Gasteiger charge is -2.33. The van der Waals surface area contributed by atoms with Crippen molar-refractivity contribution in [2.24, 2.45) is 5.92 Å². The summed E-state index contributed by atoms with van der Waals surface area (Å²) in [6.07, 6.45) is 12.4. The minimum absolute atomic E-state index is 0.282. The lowest BCUT2D eigenvalue weighted by molar-refractivity contribution is -0.0698. The first kappa shape index (κ1) is 16.3. The average Bonchev–Trinajstić information content (AvgIpc) is 2.85. The van der Waals surface area contributed by atoms with E-state index in [9.17, 15) is 0 Å². The Morgan fingerprint density at radius 1 is 1.25 bits per heavy atom. The Balaban J connectivity index is 1.69. The fourth-order valence-corrected chi connectivity index (χ4v) is 3.87. The van der Waals surface area contributed by atoms with Gasteiger partial charge in [-0.3, -0.25) is 0 Å². The monoisotopic (exact) mass is 283 g/mol. The maximum absolute atomic E-state index is 6.50. The van der Waals surface area contributed by atoms with Crippen LogP contribution < -0.4 is 5.32 Å². The molecule has 1 aliphatic carbocycles. The summed E-state index contributed by atoms with van der Waals surface area (Å²) in [5, 5.41) is 3.50. The van der Waals surface area contributed by atoms with Crippen LogP contribution in [0.3, 0.4) is 0 Å². The summed E-state index contributed by atoms with van der Waals surface area (Å²) in [6.45, 7) is 5.17. The molecule has 1 aliphatic heterocycles. The Hall–Kier alpha value is -0.120. The predicted octanol–water partition coefficient (Wildman–Crippen LogP) is 3.52. The molecule has 1 saturated heterocycles. The summed E-state index contributed by atoms with van der Waals surface area (Å²) in [4.78, 5) is 0. The second-order valence-electron chi connectivity index (χ2n) is 6.73. The summed E-state index contributed by atoms with van der Waals surface area (Å²) < 4.78 is 11.6. The van der Waals surface area contributed by atoms with Gasteiger partial charge in [-0.05, 0) is 44.6 Å². The molecule has 0 aromatic heterocycles. The molecule has 2 rings (SSSR count). The Kier molecular flexibility index (Phi) is 6.79. The van der Waals surface area contributed by atoms with E-state index < -0.39 is 0 Å². The third-order valence-electron chi connectivity index (χ3n) is 5.19. The Labute approximate surface area is 124 Å². The third kappa shape index (κ3) is 4.71. The van der Waals surface area contributed by atoms with E-state index in [1.165, 1.54) is 57.8 Å². The zero-order chi connectivity index (χ0) is 14.3. The maximum atomic E-state index is 6.50. The second-order valence-corrected chi connectivity index (χ2v) is 6.73. The minimum Gasteiger partial charge on any atom is -0.383 e. The molecule has 1 N–H and O–H groups in total. The number of methoxy groups -OCH3 is 1. The van der Waals surface area contributed by atoms with Gasteiger partial charge in [0.15, 0.2) is 0 Å². The van der Waals surface area contributed by atoms with Crippen LogP contribution in [0.4, 0.5) is 0 Å². The van der Waals surface area contributed by atoms with Gasteiger partial charge in [-0.1, -0.05) is 32.6 Å². The van der Waals surface area contributed by atoms with E-state index in [4.69, 9.17) is 9.47 Å². The molecule has 2 aliphatic rings. The molecule has 1 heterocycles. The minimum atomic E-state index is 0.282. The molecule has 2 unspecified atom stereocenters. The van der Waals surface area contributed by atoms with Gasteiger partial charge in [-0.15, -0.1) is 0 Å². The Morgan fingerprint density at radius 3 is 2.75 bits per heavy atom. The zero-order valence-corrected chi connectivity index (χ0v) is 13.5. The van der Waals surface area contributed by atoms with Crippen LogP contribution in [0, 0.1) is 5.92 Å². The Morgan fingerprint density at radius 2 is 2.05 bits per heavy atom. The van der Waals surface area contributed by atoms with Crippen LogP contribution in [0.1, 0.15) is 64.7 Å². The van der Waals surface area contributed by atoms with Crippen LogP contribution >= 0.6 is 0 Å². The van der Waals surface area contributed by atoms with Gasteiger partial charge in [0.1, 0.15) is 0 Å². The van der Waals surface area contributed by atoms with Crippen LogP contribution in [0.25, 0.3) is 0 Å². The number of hydrogen-bond acceptors (Lipinski definition) is 3. The first-order valence-corrected chi connectivity index (χ1v) is 8.65. The van der Waals surface area contributed by atoms with Crippen molar-refractivity contribution in [3.8, 4) is 0 Å². The maximum Gasteiger partial charge on any atom is 0.0687 e. The van der Waals surface area contributed by atoms with E-state index in [2.05, 4.69) is 12.2 Å². The van der Waals surface area contributed by atoms with Crippen LogP contribution in [0.2, 0.25) is 0 Å². The number of rotatable bonds is 8. The standard InChI is InChI=1S/C17H33NO2/c1-3-15(14-18-11-12-19-2)13-16-7-10-17(20-16)8-5-4-6-9-17/h15-16,18H,3-14H2,1-2H3. The van der Waals surface area contributed by atoms with E-state index in [0.717, 1.165) is 25.6 Å². The quantitative estimate of drug-likeness (QED) is 0.691. The fraction of sp³-hybridized carbons (Fsp3) is 1.00. The first-order chi connectivity index (χ1) is 9.78. The van der Waals surface area contributed by atoms with Crippen LogP contribution in [0.15, 0.2) is 0 Å². The molecule has 0 radical (unpaired) electrons. The van der Waals surface area contributed by atoms with Crippen molar-refractivity contribution in [1.29, 1.82) is 0 Å². The zero-order valence-electron chi connectivity index (χ0n) is 13.5. The molecule has 3 nitrogen and oxygen atoms in total. The highest BCUT2D eigenvalue weighted by atomic mass is 16.5. The van der Waals surface area contributed by atoms with Crippen LogP contribution in [-0.4, -0.2) is 38.5 Å². The lowest BCUT2D eigenvalue weighted by atomic mass is 9.83.